The summed E-state index contributed by atoms with van der Waals surface area (Å²) < 4.78 is 0. The van der Waals surface area contributed by atoms with E-state index >= 15 is 0 Å². The molecule has 0 spiro atoms. The first-order chi connectivity index (χ1) is 6.59. The van der Waals surface area contributed by atoms with E-state index in [-0.39, 0.29) is 0 Å². The zero-order valence-corrected chi connectivity index (χ0v) is 9.12. The highest BCUT2D eigenvalue weighted by molar-refractivity contribution is 5.16. The van der Waals surface area contributed by atoms with Crippen molar-refractivity contribution in [2.24, 2.45) is 5.41 Å². The van der Waals surface area contributed by atoms with Crippen LogP contribution in [0.2, 0.25) is 0 Å². The van der Waals surface area contributed by atoms with E-state index in [2.05, 4.69) is 43.2 Å². The maximum absolute atomic E-state index is 4.02. The maximum Gasteiger partial charge on any atom is 0.0295 e. The van der Waals surface area contributed by atoms with Crippen molar-refractivity contribution in [2.45, 2.75) is 39.3 Å². The summed E-state index contributed by atoms with van der Waals surface area (Å²) in [5.74, 6) is 0. The molecule has 2 unspecified atom stereocenters. The lowest BCUT2D eigenvalue weighted by atomic mass is 10.1. The van der Waals surface area contributed by atoms with Gasteiger partial charge in [-0.05, 0) is 36.5 Å². The van der Waals surface area contributed by atoms with Crippen molar-refractivity contribution < 1.29 is 0 Å². The van der Waals surface area contributed by atoms with Crippen LogP contribution >= 0.6 is 0 Å². The van der Waals surface area contributed by atoms with Crippen LogP contribution in [0, 0.1) is 5.41 Å². The smallest absolute Gasteiger partial charge is 0.0295 e. The first kappa shape index (κ1) is 9.66. The van der Waals surface area contributed by atoms with Crippen LogP contribution in [0.15, 0.2) is 24.5 Å². The highest BCUT2D eigenvalue weighted by Gasteiger charge is 2.45. The molecule has 0 radical (unpaired) electrons. The number of aromatic nitrogens is 1. The van der Waals surface area contributed by atoms with Crippen molar-refractivity contribution >= 4 is 0 Å². The van der Waals surface area contributed by atoms with Crippen molar-refractivity contribution in [3.63, 3.8) is 0 Å². The van der Waals surface area contributed by atoms with Crippen LogP contribution in [0.5, 0.6) is 0 Å². The van der Waals surface area contributed by atoms with E-state index in [9.17, 15) is 0 Å². The molecule has 1 aliphatic carbocycles. The van der Waals surface area contributed by atoms with Crippen molar-refractivity contribution in [1.82, 2.24) is 10.3 Å². The Kier molecular flexibility index (Phi) is 2.31. The van der Waals surface area contributed by atoms with Gasteiger partial charge in [-0.3, -0.25) is 4.98 Å². The summed E-state index contributed by atoms with van der Waals surface area (Å²) in [6, 6.07) is 5.27. The van der Waals surface area contributed by atoms with E-state index in [1.807, 2.05) is 12.4 Å². The average molecular weight is 190 g/mol. The van der Waals surface area contributed by atoms with Crippen LogP contribution in [0.25, 0.3) is 0 Å². The third-order valence-electron chi connectivity index (χ3n) is 3.17. The molecular weight excluding hydrogens is 172 g/mol. The van der Waals surface area contributed by atoms with Crippen LogP contribution in [-0.4, -0.2) is 11.0 Å². The van der Waals surface area contributed by atoms with Crippen molar-refractivity contribution in [1.29, 1.82) is 0 Å². The van der Waals surface area contributed by atoms with Gasteiger partial charge in [0.2, 0.25) is 0 Å². The minimum atomic E-state index is 0.435. The Morgan fingerprint density at radius 1 is 1.43 bits per heavy atom. The largest absolute Gasteiger partial charge is 0.307 e. The van der Waals surface area contributed by atoms with Gasteiger partial charge in [0.25, 0.3) is 0 Å². The Labute approximate surface area is 85.7 Å². The summed E-state index contributed by atoms with van der Waals surface area (Å²) in [6.45, 7) is 6.83. The van der Waals surface area contributed by atoms with Gasteiger partial charge in [-0.15, -0.1) is 0 Å². The fourth-order valence-corrected chi connectivity index (χ4v) is 1.80. The molecule has 1 heterocycles. The maximum atomic E-state index is 4.02. The molecule has 0 bridgehead atoms. The summed E-state index contributed by atoms with van der Waals surface area (Å²) in [6.07, 6.45) is 5.00. The molecule has 2 heteroatoms. The number of rotatable bonds is 3. The second-order valence-corrected chi connectivity index (χ2v) is 4.91. The minimum absolute atomic E-state index is 0.435. The number of pyridine rings is 1. The Balaban J connectivity index is 1.94. The topological polar surface area (TPSA) is 24.9 Å². The molecule has 0 saturated heterocycles. The lowest BCUT2D eigenvalue weighted by molar-refractivity contribution is 0.491. The monoisotopic (exact) mass is 190 g/mol. The third kappa shape index (κ3) is 1.95. The molecule has 1 aromatic rings. The summed E-state index contributed by atoms with van der Waals surface area (Å²) in [7, 11) is 0. The van der Waals surface area contributed by atoms with Gasteiger partial charge >= 0.3 is 0 Å². The third-order valence-corrected chi connectivity index (χ3v) is 3.17. The van der Waals surface area contributed by atoms with E-state index in [1.165, 1.54) is 12.0 Å². The number of hydrogen-bond donors (Lipinski definition) is 1. The molecule has 76 valence electrons. The van der Waals surface area contributed by atoms with Crippen LogP contribution in [-0.2, 0) is 0 Å². The van der Waals surface area contributed by atoms with Gasteiger partial charge in [0.05, 0.1) is 0 Å². The standard InChI is InChI=1S/C12H18N2/c1-9(10-4-6-13-7-5-10)14-11-8-12(11,2)3/h4-7,9,11,14H,8H2,1-3H3. The Hall–Kier alpha value is -0.890. The molecule has 1 saturated carbocycles. The summed E-state index contributed by atoms with van der Waals surface area (Å²) in [4.78, 5) is 4.02. The van der Waals surface area contributed by atoms with Crippen LogP contribution < -0.4 is 5.32 Å². The molecule has 1 fully saturated rings. The normalized spacial score (nSPS) is 25.8. The zero-order valence-electron chi connectivity index (χ0n) is 9.12. The van der Waals surface area contributed by atoms with Crippen molar-refractivity contribution in [3.05, 3.63) is 30.1 Å². The fraction of sp³-hybridized carbons (Fsp3) is 0.583. The quantitative estimate of drug-likeness (QED) is 0.792. The molecule has 1 aromatic heterocycles. The van der Waals surface area contributed by atoms with Gasteiger partial charge < -0.3 is 5.32 Å². The zero-order chi connectivity index (χ0) is 10.2. The van der Waals surface area contributed by atoms with Crippen molar-refractivity contribution in [2.75, 3.05) is 0 Å². The number of hydrogen-bond acceptors (Lipinski definition) is 2. The van der Waals surface area contributed by atoms with E-state index in [1.54, 1.807) is 0 Å². The van der Waals surface area contributed by atoms with E-state index in [0.29, 0.717) is 17.5 Å². The van der Waals surface area contributed by atoms with Gasteiger partial charge in [0.15, 0.2) is 0 Å². The molecule has 2 nitrogen and oxygen atoms in total. The predicted molar refractivity (Wildman–Crippen MR) is 58.0 cm³/mol. The van der Waals surface area contributed by atoms with Gasteiger partial charge in [0, 0.05) is 24.5 Å². The number of nitrogens with zero attached hydrogens (tertiary/aromatic N) is 1. The van der Waals surface area contributed by atoms with Crippen LogP contribution in [0.4, 0.5) is 0 Å². The predicted octanol–water partition coefficient (Wildman–Crippen LogP) is 2.53. The molecule has 0 amide bonds. The lowest BCUT2D eigenvalue weighted by Crippen LogP contribution is -2.24. The van der Waals surface area contributed by atoms with Gasteiger partial charge in [0.1, 0.15) is 0 Å². The first-order valence-electron chi connectivity index (χ1n) is 5.25. The highest BCUT2D eigenvalue weighted by Crippen LogP contribution is 2.45. The molecule has 2 rings (SSSR count). The highest BCUT2D eigenvalue weighted by atomic mass is 15.0. The van der Waals surface area contributed by atoms with Gasteiger partial charge in [-0.2, -0.15) is 0 Å². The molecule has 2 atom stereocenters. The Morgan fingerprint density at radius 2 is 2.00 bits per heavy atom. The Morgan fingerprint density at radius 3 is 2.50 bits per heavy atom. The van der Waals surface area contributed by atoms with Crippen LogP contribution in [0.1, 0.15) is 38.8 Å². The van der Waals surface area contributed by atoms with Crippen molar-refractivity contribution in [3.8, 4) is 0 Å². The van der Waals surface area contributed by atoms with E-state index in [4.69, 9.17) is 0 Å². The number of nitrogens with one attached hydrogen (secondary N) is 1. The van der Waals surface area contributed by atoms with Gasteiger partial charge in [-0.1, -0.05) is 13.8 Å². The average Bonchev–Trinajstić information content (AvgIpc) is 2.75. The van der Waals surface area contributed by atoms with E-state index < -0.39 is 0 Å². The molecule has 14 heavy (non-hydrogen) atoms. The molecule has 0 aromatic carbocycles. The summed E-state index contributed by atoms with van der Waals surface area (Å²) >= 11 is 0. The molecule has 0 aliphatic heterocycles. The summed E-state index contributed by atoms with van der Waals surface area (Å²) in [5.41, 5.74) is 1.82. The second-order valence-electron chi connectivity index (χ2n) is 4.91. The van der Waals surface area contributed by atoms with E-state index in [0.717, 1.165) is 0 Å². The molecule has 1 aliphatic rings. The van der Waals surface area contributed by atoms with Gasteiger partial charge in [-0.25, -0.2) is 0 Å². The molecule has 1 N–H and O–H groups in total. The fourth-order valence-electron chi connectivity index (χ4n) is 1.80. The first-order valence-corrected chi connectivity index (χ1v) is 5.25. The summed E-state index contributed by atoms with van der Waals surface area (Å²) in [5, 5.41) is 3.63. The Bertz CT molecular complexity index is 305. The molecular formula is C12H18N2. The van der Waals surface area contributed by atoms with Crippen LogP contribution in [0.3, 0.4) is 0 Å². The SMILES string of the molecule is CC(NC1CC1(C)C)c1ccncc1. The minimum Gasteiger partial charge on any atom is -0.307 e. The lowest BCUT2D eigenvalue weighted by Gasteiger charge is -2.15. The second kappa shape index (κ2) is 3.35.